The maximum atomic E-state index is 13.6. The minimum Gasteiger partial charge on any atom is -0.484 e. The molecular formula is C26H28F4N2O4. The monoisotopic (exact) mass is 508 g/mol. The molecule has 0 spiro atoms. The highest BCUT2D eigenvalue weighted by Gasteiger charge is 2.33. The van der Waals surface area contributed by atoms with Gasteiger partial charge in [0.1, 0.15) is 5.75 Å². The highest BCUT2D eigenvalue weighted by atomic mass is 19.3. The van der Waals surface area contributed by atoms with Crippen LogP contribution in [0.3, 0.4) is 0 Å². The third kappa shape index (κ3) is 6.22. The molecule has 1 N–H and O–H groups in total. The van der Waals surface area contributed by atoms with Crippen molar-refractivity contribution in [2.75, 3.05) is 7.05 Å². The first kappa shape index (κ1) is 27.2. The number of hydrogen-bond donors (Lipinski definition) is 1. The molecule has 3 rings (SSSR count). The number of aliphatic carboxylic acids is 1. The number of carbonyl (C=O) groups is 1. The van der Waals surface area contributed by atoms with E-state index in [9.17, 15) is 22.4 Å². The Morgan fingerprint density at radius 3 is 2.61 bits per heavy atom. The smallest absolute Gasteiger partial charge is 0.303 e. The van der Waals surface area contributed by atoms with Crippen LogP contribution in [0.1, 0.15) is 72.4 Å². The van der Waals surface area contributed by atoms with Crippen LogP contribution in [0, 0.1) is 6.92 Å². The summed E-state index contributed by atoms with van der Waals surface area (Å²) in [5.41, 5.74) is 3.47. The van der Waals surface area contributed by atoms with Gasteiger partial charge in [-0.1, -0.05) is 17.3 Å². The standard InChI is InChI=1S/C26H28F4N2O4/c1-14-18(6-9-20-16(12-23(33)34)5-8-19(14)20)13-32-36-25(31-4)17-7-10-22(21(11-17)24(27)28)35-15(2)26(3,29)30/h6-7,9-11,13,15-16,24H,5,8,12H2,1-4H3,(H,33,34)/b31-25?,32-13+. The van der Waals surface area contributed by atoms with Crippen molar-refractivity contribution < 1.29 is 37.0 Å². The van der Waals surface area contributed by atoms with E-state index in [1.54, 1.807) is 0 Å². The van der Waals surface area contributed by atoms with Crippen molar-refractivity contribution >= 4 is 18.1 Å². The maximum Gasteiger partial charge on any atom is 0.303 e. The summed E-state index contributed by atoms with van der Waals surface area (Å²) >= 11 is 0. The number of benzene rings is 2. The minimum atomic E-state index is -3.21. The molecule has 1 aliphatic carbocycles. The summed E-state index contributed by atoms with van der Waals surface area (Å²) in [6.45, 7) is 3.68. The van der Waals surface area contributed by atoms with E-state index in [1.807, 2.05) is 19.1 Å². The molecule has 194 valence electrons. The summed E-state index contributed by atoms with van der Waals surface area (Å²) in [4.78, 5) is 20.4. The number of nitrogens with zero attached hydrogens (tertiary/aromatic N) is 2. The first-order valence-electron chi connectivity index (χ1n) is 11.4. The van der Waals surface area contributed by atoms with Crippen LogP contribution >= 0.6 is 0 Å². The quantitative estimate of drug-likeness (QED) is 0.187. The van der Waals surface area contributed by atoms with Gasteiger partial charge in [0.05, 0.1) is 18.2 Å². The second-order valence-corrected chi connectivity index (χ2v) is 8.81. The summed E-state index contributed by atoms with van der Waals surface area (Å²) < 4.78 is 59.3. The van der Waals surface area contributed by atoms with Crippen LogP contribution in [0.4, 0.5) is 17.6 Å². The van der Waals surface area contributed by atoms with Gasteiger partial charge in [0.2, 0.25) is 0 Å². The van der Waals surface area contributed by atoms with E-state index in [1.165, 1.54) is 25.4 Å². The zero-order valence-corrected chi connectivity index (χ0v) is 20.4. The second kappa shape index (κ2) is 11.1. The van der Waals surface area contributed by atoms with Crippen molar-refractivity contribution in [2.24, 2.45) is 10.1 Å². The van der Waals surface area contributed by atoms with Crippen LogP contribution in [-0.4, -0.2) is 42.3 Å². The molecule has 0 saturated carbocycles. The van der Waals surface area contributed by atoms with Crippen molar-refractivity contribution in [1.29, 1.82) is 0 Å². The zero-order chi connectivity index (χ0) is 26.6. The molecule has 6 nitrogen and oxygen atoms in total. The molecular weight excluding hydrogens is 480 g/mol. The fraction of sp³-hybridized carbons (Fsp3) is 0.423. The van der Waals surface area contributed by atoms with Gasteiger partial charge in [-0.05, 0) is 73.1 Å². The Bertz CT molecular complexity index is 1180. The molecule has 0 radical (unpaired) electrons. The average Bonchev–Trinajstić information content (AvgIpc) is 3.20. The van der Waals surface area contributed by atoms with Gasteiger partial charge in [0.15, 0.2) is 6.10 Å². The third-order valence-electron chi connectivity index (χ3n) is 6.32. The number of ether oxygens (including phenoxy) is 1. The summed E-state index contributed by atoms with van der Waals surface area (Å²) in [5.74, 6) is -4.45. The van der Waals surface area contributed by atoms with Crippen molar-refractivity contribution in [3.8, 4) is 5.75 Å². The lowest BCUT2D eigenvalue weighted by atomic mass is 9.94. The summed E-state index contributed by atoms with van der Waals surface area (Å²) in [6.07, 6.45) is -1.47. The van der Waals surface area contributed by atoms with Gasteiger partial charge in [-0.15, -0.1) is 0 Å². The minimum absolute atomic E-state index is 0.0141. The number of rotatable bonds is 9. The van der Waals surface area contributed by atoms with Crippen molar-refractivity contribution in [1.82, 2.24) is 0 Å². The Kier molecular flexibility index (Phi) is 8.37. The normalized spacial score (nSPS) is 16.9. The van der Waals surface area contributed by atoms with E-state index >= 15 is 0 Å². The van der Waals surface area contributed by atoms with Gasteiger partial charge in [-0.3, -0.25) is 9.79 Å². The molecule has 0 saturated heterocycles. The maximum absolute atomic E-state index is 13.6. The average molecular weight is 509 g/mol. The molecule has 2 atom stereocenters. The first-order chi connectivity index (χ1) is 16.9. The fourth-order valence-electron chi connectivity index (χ4n) is 4.16. The molecule has 2 aromatic carbocycles. The summed E-state index contributed by atoms with van der Waals surface area (Å²) in [7, 11) is 1.40. The van der Waals surface area contributed by atoms with E-state index in [4.69, 9.17) is 14.7 Å². The number of carboxylic acid groups (broad SMARTS) is 1. The van der Waals surface area contributed by atoms with E-state index in [-0.39, 0.29) is 29.5 Å². The second-order valence-electron chi connectivity index (χ2n) is 8.81. The van der Waals surface area contributed by atoms with Crippen LogP contribution < -0.4 is 4.74 Å². The van der Waals surface area contributed by atoms with E-state index in [0.29, 0.717) is 6.92 Å². The molecule has 2 unspecified atom stereocenters. The van der Waals surface area contributed by atoms with Crippen LogP contribution in [0.15, 0.2) is 40.5 Å². The summed E-state index contributed by atoms with van der Waals surface area (Å²) in [6, 6.07) is 7.35. The Labute approximate surface area is 206 Å². The molecule has 0 fully saturated rings. The van der Waals surface area contributed by atoms with Crippen LogP contribution in [0.25, 0.3) is 0 Å². The molecule has 2 aromatic rings. The molecule has 0 aromatic heterocycles. The van der Waals surface area contributed by atoms with Crippen molar-refractivity contribution in [3.05, 3.63) is 63.7 Å². The number of oxime groups is 1. The molecule has 0 bridgehead atoms. The predicted octanol–water partition coefficient (Wildman–Crippen LogP) is 6.29. The number of halogens is 4. The van der Waals surface area contributed by atoms with E-state index < -0.39 is 30.0 Å². The first-order valence-corrected chi connectivity index (χ1v) is 11.4. The molecule has 1 aliphatic rings. The lowest BCUT2D eigenvalue weighted by Crippen LogP contribution is -2.32. The highest BCUT2D eigenvalue weighted by Crippen LogP contribution is 2.38. The number of fused-ring (bicyclic) bond motifs is 1. The summed E-state index contributed by atoms with van der Waals surface area (Å²) in [5, 5.41) is 13.1. The van der Waals surface area contributed by atoms with E-state index in [2.05, 4.69) is 10.1 Å². The van der Waals surface area contributed by atoms with Gasteiger partial charge < -0.3 is 14.7 Å². The zero-order valence-electron chi connectivity index (χ0n) is 20.4. The van der Waals surface area contributed by atoms with Gasteiger partial charge in [0, 0.05) is 19.5 Å². The fourth-order valence-corrected chi connectivity index (χ4v) is 4.16. The Morgan fingerprint density at radius 2 is 2.00 bits per heavy atom. The highest BCUT2D eigenvalue weighted by molar-refractivity contribution is 5.95. The lowest BCUT2D eigenvalue weighted by Gasteiger charge is -2.22. The number of hydrogen-bond acceptors (Lipinski definition) is 5. The topological polar surface area (TPSA) is 80.5 Å². The van der Waals surface area contributed by atoms with Crippen LogP contribution in [0.5, 0.6) is 5.75 Å². The molecule has 0 amide bonds. The number of alkyl halides is 4. The largest absolute Gasteiger partial charge is 0.484 e. The van der Waals surface area contributed by atoms with Crippen molar-refractivity contribution in [2.45, 2.75) is 64.4 Å². The third-order valence-corrected chi connectivity index (χ3v) is 6.32. The SMILES string of the molecule is CN=C(O/N=C/c1ccc2c(c1C)CCC2CC(=O)O)c1ccc(OC(C)C(C)(F)F)c(C(F)F)c1. The predicted molar refractivity (Wildman–Crippen MR) is 128 cm³/mol. The Morgan fingerprint density at radius 1 is 1.28 bits per heavy atom. The molecule has 0 heterocycles. The Balaban J connectivity index is 1.77. The van der Waals surface area contributed by atoms with Gasteiger partial charge in [0.25, 0.3) is 18.2 Å². The van der Waals surface area contributed by atoms with Crippen molar-refractivity contribution in [3.63, 3.8) is 0 Å². The molecule has 10 heteroatoms. The van der Waals surface area contributed by atoms with Gasteiger partial charge in [-0.25, -0.2) is 17.6 Å². The number of carboxylic acids is 1. The Hall–Kier alpha value is -3.43. The number of aliphatic imine (C=N–C) groups is 1. The van der Waals surface area contributed by atoms with E-state index in [0.717, 1.165) is 48.1 Å². The lowest BCUT2D eigenvalue weighted by molar-refractivity contribution is -0.137. The van der Waals surface area contributed by atoms with Gasteiger partial charge in [-0.2, -0.15) is 0 Å². The van der Waals surface area contributed by atoms with Crippen LogP contribution in [-0.2, 0) is 16.1 Å². The molecule has 36 heavy (non-hydrogen) atoms. The molecule has 0 aliphatic heterocycles. The van der Waals surface area contributed by atoms with Gasteiger partial charge >= 0.3 is 5.97 Å². The van der Waals surface area contributed by atoms with Crippen LogP contribution in [0.2, 0.25) is 0 Å².